The van der Waals surface area contributed by atoms with Crippen molar-refractivity contribution in [2.75, 3.05) is 0 Å². The second kappa shape index (κ2) is 3.90. The Hall–Kier alpha value is -1.94. The van der Waals surface area contributed by atoms with Crippen molar-refractivity contribution in [2.24, 2.45) is 5.73 Å². The van der Waals surface area contributed by atoms with E-state index in [-0.39, 0.29) is 16.7 Å². The smallest absolute Gasteiger partial charge is 0.281 e. The lowest BCUT2D eigenvalue weighted by atomic mass is 10.0. The summed E-state index contributed by atoms with van der Waals surface area (Å²) in [6.07, 6.45) is 0. The highest BCUT2D eigenvalue weighted by atomic mass is 16.6. The van der Waals surface area contributed by atoms with Crippen LogP contribution in [0.2, 0.25) is 0 Å². The monoisotopic (exact) mass is 216 g/mol. The Kier molecular flexibility index (Phi) is 2.58. The zero-order valence-electron chi connectivity index (χ0n) is 8.88. The van der Waals surface area contributed by atoms with Crippen molar-refractivity contribution in [3.05, 3.63) is 52.1 Å². The first-order chi connectivity index (χ1) is 7.61. The van der Waals surface area contributed by atoms with Gasteiger partial charge < -0.3 is 5.73 Å². The molecule has 0 aliphatic heterocycles. The van der Waals surface area contributed by atoms with Crippen LogP contribution in [-0.4, -0.2) is 4.92 Å². The van der Waals surface area contributed by atoms with E-state index in [1.165, 1.54) is 0 Å². The molecular weight excluding hydrogens is 204 g/mol. The normalized spacial score (nSPS) is 12.6. The summed E-state index contributed by atoms with van der Waals surface area (Å²) in [6, 6.07) is 10.5. The Morgan fingerprint density at radius 2 is 1.94 bits per heavy atom. The van der Waals surface area contributed by atoms with E-state index < -0.39 is 0 Å². The molecule has 0 aliphatic carbocycles. The van der Waals surface area contributed by atoms with Crippen LogP contribution in [0.1, 0.15) is 18.5 Å². The van der Waals surface area contributed by atoms with E-state index in [4.69, 9.17) is 5.73 Å². The molecular formula is C12H12N2O2. The topological polar surface area (TPSA) is 69.2 Å². The first kappa shape index (κ1) is 10.6. The van der Waals surface area contributed by atoms with Gasteiger partial charge in [0.15, 0.2) is 0 Å². The first-order valence-electron chi connectivity index (χ1n) is 5.03. The summed E-state index contributed by atoms with van der Waals surface area (Å²) in [6.45, 7) is 1.75. The number of hydrogen-bond acceptors (Lipinski definition) is 3. The molecule has 1 atom stereocenters. The van der Waals surface area contributed by atoms with Gasteiger partial charge in [-0.1, -0.05) is 24.3 Å². The van der Waals surface area contributed by atoms with Crippen molar-refractivity contribution in [3.8, 4) is 0 Å². The Morgan fingerprint density at radius 3 is 2.56 bits per heavy atom. The van der Waals surface area contributed by atoms with Gasteiger partial charge in [-0.15, -0.1) is 0 Å². The van der Waals surface area contributed by atoms with Crippen LogP contribution in [0, 0.1) is 10.1 Å². The first-order valence-corrected chi connectivity index (χ1v) is 5.03. The average molecular weight is 216 g/mol. The summed E-state index contributed by atoms with van der Waals surface area (Å²) in [5.74, 6) is 0. The highest BCUT2D eigenvalue weighted by Gasteiger charge is 2.19. The standard InChI is InChI=1S/C12H12N2O2/c1-8(13)10-7-6-9-4-2-3-5-11(9)12(10)14(15)16/h2-8H,13H2,1H3/t8-/m1/s1. The van der Waals surface area contributed by atoms with Gasteiger partial charge in [-0.05, 0) is 24.4 Å². The van der Waals surface area contributed by atoms with E-state index in [9.17, 15) is 10.1 Å². The van der Waals surface area contributed by atoms with Crippen LogP contribution in [-0.2, 0) is 0 Å². The van der Waals surface area contributed by atoms with Gasteiger partial charge in [0.05, 0.1) is 10.3 Å². The fourth-order valence-corrected chi connectivity index (χ4v) is 1.84. The summed E-state index contributed by atoms with van der Waals surface area (Å²) in [7, 11) is 0. The van der Waals surface area contributed by atoms with Crippen LogP contribution in [0.25, 0.3) is 10.8 Å². The number of benzene rings is 2. The Labute approximate surface area is 92.8 Å². The third-order valence-electron chi connectivity index (χ3n) is 2.60. The largest absolute Gasteiger partial charge is 0.324 e. The van der Waals surface area contributed by atoms with Crippen LogP contribution in [0.4, 0.5) is 5.69 Å². The quantitative estimate of drug-likeness (QED) is 0.619. The molecule has 0 unspecified atom stereocenters. The van der Waals surface area contributed by atoms with Crippen molar-refractivity contribution in [2.45, 2.75) is 13.0 Å². The summed E-state index contributed by atoms with van der Waals surface area (Å²) in [4.78, 5) is 10.7. The average Bonchev–Trinajstić information content (AvgIpc) is 2.27. The third kappa shape index (κ3) is 1.63. The Morgan fingerprint density at radius 1 is 1.25 bits per heavy atom. The van der Waals surface area contributed by atoms with Crippen molar-refractivity contribution in [1.29, 1.82) is 0 Å². The number of fused-ring (bicyclic) bond motifs is 1. The van der Waals surface area contributed by atoms with Crippen LogP contribution in [0.5, 0.6) is 0 Å². The Balaban J connectivity index is 2.84. The number of nitro groups is 1. The van der Waals surface area contributed by atoms with Gasteiger partial charge in [0.1, 0.15) is 0 Å². The van der Waals surface area contributed by atoms with E-state index in [0.29, 0.717) is 10.9 Å². The van der Waals surface area contributed by atoms with Crippen LogP contribution < -0.4 is 5.73 Å². The molecule has 0 heterocycles. The van der Waals surface area contributed by atoms with Gasteiger partial charge in [0.25, 0.3) is 5.69 Å². The number of rotatable bonds is 2. The molecule has 0 saturated carbocycles. The summed E-state index contributed by atoms with van der Waals surface area (Å²) < 4.78 is 0. The highest BCUT2D eigenvalue weighted by Crippen LogP contribution is 2.32. The van der Waals surface area contributed by atoms with Crippen LogP contribution >= 0.6 is 0 Å². The molecule has 16 heavy (non-hydrogen) atoms. The minimum Gasteiger partial charge on any atom is -0.324 e. The molecule has 0 amide bonds. The molecule has 0 saturated heterocycles. The third-order valence-corrected chi connectivity index (χ3v) is 2.60. The molecule has 0 fully saturated rings. The lowest BCUT2D eigenvalue weighted by Crippen LogP contribution is -2.08. The number of nitrogens with zero attached hydrogens (tertiary/aromatic N) is 1. The maximum absolute atomic E-state index is 11.1. The number of nitrogens with two attached hydrogens (primary N) is 1. The molecule has 2 N–H and O–H groups in total. The molecule has 2 aromatic carbocycles. The molecule has 0 bridgehead atoms. The predicted molar refractivity (Wildman–Crippen MR) is 63.2 cm³/mol. The van der Waals surface area contributed by atoms with Crippen molar-refractivity contribution in [3.63, 3.8) is 0 Å². The molecule has 0 aliphatic rings. The Bertz CT molecular complexity index is 550. The second-order valence-corrected chi connectivity index (χ2v) is 3.77. The van der Waals surface area contributed by atoms with E-state index in [1.54, 1.807) is 25.1 Å². The van der Waals surface area contributed by atoms with Crippen LogP contribution in [0.3, 0.4) is 0 Å². The molecule has 2 rings (SSSR count). The zero-order chi connectivity index (χ0) is 11.7. The van der Waals surface area contributed by atoms with Crippen molar-refractivity contribution in [1.82, 2.24) is 0 Å². The molecule has 82 valence electrons. The highest BCUT2D eigenvalue weighted by molar-refractivity contribution is 5.92. The van der Waals surface area contributed by atoms with Crippen molar-refractivity contribution < 1.29 is 4.92 Å². The predicted octanol–water partition coefficient (Wildman–Crippen LogP) is 2.77. The maximum atomic E-state index is 11.1. The number of nitro benzene ring substituents is 1. The number of hydrogen-bond donors (Lipinski definition) is 1. The molecule has 0 aromatic heterocycles. The lowest BCUT2D eigenvalue weighted by molar-refractivity contribution is -0.383. The molecule has 0 spiro atoms. The van der Waals surface area contributed by atoms with E-state index in [0.717, 1.165) is 5.39 Å². The van der Waals surface area contributed by atoms with Gasteiger partial charge in [0.2, 0.25) is 0 Å². The minimum absolute atomic E-state index is 0.119. The zero-order valence-corrected chi connectivity index (χ0v) is 8.88. The molecule has 0 radical (unpaired) electrons. The van der Waals surface area contributed by atoms with E-state index in [2.05, 4.69) is 0 Å². The minimum atomic E-state index is -0.360. The fraction of sp³-hybridized carbons (Fsp3) is 0.167. The van der Waals surface area contributed by atoms with Gasteiger partial charge in [-0.25, -0.2) is 0 Å². The second-order valence-electron chi connectivity index (χ2n) is 3.77. The van der Waals surface area contributed by atoms with Crippen molar-refractivity contribution >= 4 is 16.5 Å². The van der Waals surface area contributed by atoms with E-state index >= 15 is 0 Å². The van der Waals surface area contributed by atoms with Gasteiger partial charge in [0, 0.05) is 11.6 Å². The van der Waals surface area contributed by atoms with Crippen LogP contribution in [0.15, 0.2) is 36.4 Å². The molecule has 4 nitrogen and oxygen atoms in total. The maximum Gasteiger partial charge on any atom is 0.281 e. The molecule has 2 aromatic rings. The van der Waals surface area contributed by atoms with Gasteiger partial charge in [-0.3, -0.25) is 10.1 Å². The van der Waals surface area contributed by atoms with Gasteiger partial charge >= 0.3 is 0 Å². The summed E-state index contributed by atoms with van der Waals surface area (Å²) >= 11 is 0. The van der Waals surface area contributed by atoms with Gasteiger partial charge in [-0.2, -0.15) is 0 Å². The fourth-order valence-electron chi connectivity index (χ4n) is 1.84. The lowest BCUT2D eigenvalue weighted by Gasteiger charge is -2.08. The SMILES string of the molecule is C[C@@H](N)c1ccc2ccccc2c1[N+](=O)[O-]. The molecule has 4 heteroatoms. The summed E-state index contributed by atoms with van der Waals surface area (Å²) in [5.41, 5.74) is 6.43. The summed E-state index contributed by atoms with van der Waals surface area (Å²) in [5, 5.41) is 12.6. The van der Waals surface area contributed by atoms with E-state index in [1.807, 2.05) is 18.2 Å².